The molecule has 1 unspecified atom stereocenters. The normalized spacial score (nSPS) is 32.5. The van der Waals surface area contributed by atoms with Gasteiger partial charge in [0.15, 0.2) is 6.17 Å². The molecule has 0 aromatic rings. The van der Waals surface area contributed by atoms with Gasteiger partial charge in [-0.15, -0.1) is 0 Å². The van der Waals surface area contributed by atoms with Crippen molar-refractivity contribution >= 4 is 29.3 Å². The molecule has 0 radical (unpaired) electrons. The highest BCUT2D eigenvalue weighted by atomic mass is 28.4. The van der Waals surface area contributed by atoms with Crippen LogP contribution in [0.5, 0.6) is 0 Å². The highest BCUT2D eigenvalue weighted by Crippen LogP contribution is 2.26. The van der Waals surface area contributed by atoms with Gasteiger partial charge in [0.05, 0.1) is 0 Å². The zero-order chi connectivity index (χ0) is 9.19. The van der Waals surface area contributed by atoms with Crippen LogP contribution in [0.2, 0.25) is 0 Å². The summed E-state index contributed by atoms with van der Waals surface area (Å²) in [6, 6.07) is 0. The van der Waals surface area contributed by atoms with Gasteiger partial charge in [0.1, 0.15) is 0 Å². The lowest BCUT2D eigenvalue weighted by Gasteiger charge is -2.29. The van der Waals surface area contributed by atoms with Gasteiger partial charge in [-0.05, 0) is 6.92 Å². The number of halogens is 3. The summed E-state index contributed by atoms with van der Waals surface area (Å²) in [4.78, 5) is 0. The first-order valence-electron chi connectivity index (χ1n) is 3.38. The molecule has 1 saturated heterocycles. The minimum Gasteiger partial charge on any atom is -0.425 e. The highest BCUT2D eigenvalue weighted by molar-refractivity contribution is 6.63. The van der Waals surface area contributed by atoms with E-state index in [9.17, 15) is 13.2 Å². The first-order chi connectivity index (χ1) is 5.55. The molecule has 1 heterocycles. The summed E-state index contributed by atoms with van der Waals surface area (Å²) in [6.07, 6.45) is -2.20. The van der Waals surface area contributed by atoms with Gasteiger partial charge in [-0.25, -0.2) is 13.2 Å². The van der Waals surface area contributed by atoms with Crippen LogP contribution >= 0.6 is 0 Å². The maximum atomic E-state index is 12.9. The average Bonchev–Trinajstić information content (AvgIpc) is 2.06. The van der Waals surface area contributed by atoms with Crippen LogP contribution in [0.25, 0.3) is 0 Å². The minimum absolute atomic E-state index is 0.818. The van der Waals surface area contributed by atoms with Gasteiger partial charge in [-0.2, -0.15) is 0 Å². The Morgan fingerprint density at radius 2 is 1.83 bits per heavy atom. The molecule has 0 bridgehead atoms. The van der Waals surface area contributed by atoms with Gasteiger partial charge in [0.25, 0.3) is 20.0 Å². The van der Waals surface area contributed by atoms with Gasteiger partial charge in [-0.3, -0.25) is 0 Å². The summed E-state index contributed by atoms with van der Waals surface area (Å²) in [5, 5.41) is 0. The predicted molar refractivity (Wildman–Crippen MR) is 43.0 cm³/mol. The van der Waals surface area contributed by atoms with E-state index in [0.717, 1.165) is 6.92 Å². The van der Waals surface area contributed by atoms with Gasteiger partial charge >= 0.3 is 14.8 Å². The molecule has 1 atom stereocenters. The summed E-state index contributed by atoms with van der Waals surface area (Å²) in [5.41, 5.74) is -3.41. The Kier molecular flexibility index (Phi) is 3.48. The Morgan fingerprint density at radius 1 is 1.33 bits per heavy atom. The number of rotatable bonds is 2. The Morgan fingerprint density at radius 3 is 2.25 bits per heavy atom. The Balaban J connectivity index is 2.53. The molecule has 1 rings (SSSR count). The van der Waals surface area contributed by atoms with Gasteiger partial charge in [-0.1, -0.05) is 0 Å². The summed E-state index contributed by atoms with van der Waals surface area (Å²) >= 11 is 0. The van der Waals surface area contributed by atoms with E-state index in [1.807, 2.05) is 0 Å². The molecule has 0 spiro atoms. The summed E-state index contributed by atoms with van der Waals surface area (Å²) in [7, 11) is -5.70. The molecule has 0 aliphatic carbocycles. The summed E-state index contributed by atoms with van der Waals surface area (Å²) in [6.45, 7) is 0.818. The van der Waals surface area contributed by atoms with E-state index in [1.165, 1.54) is 0 Å². The molecule has 0 amide bonds. The van der Waals surface area contributed by atoms with E-state index in [-0.39, 0.29) is 0 Å². The molecule has 3 nitrogen and oxygen atoms in total. The number of alkyl halides is 3. The Bertz CT molecular complexity index is 151. The van der Waals surface area contributed by atoms with Crippen molar-refractivity contribution in [3.05, 3.63) is 0 Å². The predicted octanol–water partition coefficient (Wildman–Crippen LogP) is -1.20. The van der Waals surface area contributed by atoms with E-state index in [0.29, 0.717) is 0 Å². The molecular weight excluding hydrogens is 225 g/mol. The Hall–Kier alpha value is 0.321. The smallest absolute Gasteiger partial charge is 0.383 e. The van der Waals surface area contributed by atoms with E-state index in [4.69, 9.17) is 4.12 Å². The van der Waals surface area contributed by atoms with Crippen molar-refractivity contribution in [2.24, 2.45) is 0 Å². The lowest BCUT2D eigenvalue weighted by atomic mass is 10.5. The molecule has 0 aromatic carbocycles. The third-order valence-electron chi connectivity index (χ3n) is 1.45. The Labute approximate surface area is 74.2 Å². The zero-order valence-electron chi connectivity index (χ0n) is 6.43. The monoisotopic (exact) mass is 234 g/mol. The molecule has 12 heavy (non-hydrogen) atoms. The second-order valence-corrected chi connectivity index (χ2v) is 8.60. The molecule has 0 N–H and O–H groups in total. The van der Waals surface area contributed by atoms with Crippen LogP contribution in [0.15, 0.2) is 0 Å². The lowest BCUT2D eigenvalue weighted by Crippen LogP contribution is -2.53. The molecular formula is C3H9F3O3Si3. The number of hydrogen-bond acceptors (Lipinski definition) is 3. The van der Waals surface area contributed by atoms with E-state index in [1.54, 1.807) is 0 Å². The fourth-order valence-corrected chi connectivity index (χ4v) is 7.88. The fourth-order valence-electron chi connectivity index (χ4n) is 0.712. The van der Waals surface area contributed by atoms with Crippen molar-refractivity contribution in [3.8, 4) is 0 Å². The van der Waals surface area contributed by atoms with Gasteiger partial charge in [0, 0.05) is 0 Å². The SMILES string of the molecule is CC(F)C(F)(F)[SiH]1O[SiH2]O[SiH2]O1. The van der Waals surface area contributed by atoms with Gasteiger partial charge in [0.2, 0.25) is 0 Å². The molecule has 1 aliphatic heterocycles. The van der Waals surface area contributed by atoms with Crippen molar-refractivity contribution in [3.63, 3.8) is 0 Å². The third-order valence-corrected chi connectivity index (χ3v) is 7.38. The van der Waals surface area contributed by atoms with Crippen molar-refractivity contribution in [2.45, 2.75) is 18.6 Å². The van der Waals surface area contributed by atoms with E-state index >= 15 is 0 Å². The van der Waals surface area contributed by atoms with E-state index < -0.39 is 41.0 Å². The molecule has 0 saturated carbocycles. The van der Waals surface area contributed by atoms with Crippen molar-refractivity contribution in [1.82, 2.24) is 0 Å². The first-order valence-corrected chi connectivity index (χ1v) is 7.21. The molecule has 1 aliphatic rings. The van der Waals surface area contributed by atoms with Crippen LogP contribution in [-0.2, 0) is 12.3 Å². The maximum absolute atomic E-state index is 12.9. The van der Waals surface area contributed by atoms with Crippen molar-refractivity contribution in [2.75, 3.05) is 0 Å². The topological polar surface area (TPSA) is 27.7 Å². The first kappa shape index (κ1) is 10.4. The molecule has 1 fully saturated rings. The van der Waals surface area contributed by atoms with Gasteiger partial charge < -0.3 is 12.3 Å². The van der Waals surface area contributed by atoms with Crippen LogP contribution in [0.3, 0.4) is 0 Å². The van der Waals surface area contributed by atoms with Crippen LogP contribution in [0.1, 0.15) is 6.92 Å². The quantitative estimate of drug-likeness (QED) is 0.562. The lowest BCUT2D eigenvalue weighted by molar-refractivity contribution is -0.0178. The van der Waals surface area contributed by atoms with Crippen molar-refractivity contribution < 1.29 is 25.5 Å². The second-order valence-electron chi connectivity index (χ2n) is 2.40. The summed E-state index contributed by atoms with van der Waals surface area (Å²) < 4.78 is 52.2. The molecule has 72 valence electrons. The number of hydrogen-bond donors (Lipinski definition) is 0. The highest BCUT2D eigenvalue weighted by Gasteiger charge is 2.50. The standard InChI is InChI=1S/C3H9F3O3Si3/c1-2(4)3(5,6)12-8-10-7-11-9-12/h2,12H,10-11H2,1H3. The minimum atomic E-state index is -3.41. The van der Waals surface area contributed by atoms with Crippen LogP contribution in [0, 0.1) is 0 Å². The van der Waals surface area contributed by atoms with Crippen LogP contribution in [-0.4, -0.2) is 41.0 Å². The average molecular weight is 234 g/mol. The van der Waals surface area contributed by atoms with E-state index in [2.05, 4.69) is 8.23 Å². The maximum Gasteiger partial charge on any atom is 0.383 e. The van der Waals surface area contributed by atoms with Crippen molar-refractivity contribution in [1.29, 1.82) is 0 Å². The zero-order valence-corrected chi connectivity index (χ0v) is 10.4. The fraction of sp³-hybridized carbons (Fsp3) is 1.00. The summed E-state index contributed by atoms with van der Waals surface area (Å²) in [5.74, 6) is 0. The molecule has 9 heteroatoms. The van der Waals surface area contributed by atoms with Crippen LogP contribution in [0.4, 0.5) is 13.2 Å². The second kappa shape index (κ2) is 4.02. The van der Waals surface area contributed by atoms with Crippen LogP contribution < -0.4 is 0 Å². The largest absolute Gasteiger partial charge is 0.425 e. The molecule has 0 aromatic heterocycles. The third kappa shape index (κ3) is 2.17.